The molecule has 1 heterocycles. The zero-order chi connectivity index (χ0) is 15.4. The van der Waals surface area contributed by atoms with Crippen molar-refractivity contribution in [1.82, 2.24) is 10.3 Å². The molecule has 4 heteroatoms. The minimum atomic E-state index is -0.183. The van der Waals surface area contributed by atoms with Crippen LogP contribution in [0.3, 0.4) is 0 Å². The molecule has 0 aliphatic rings. The highest BCUT2D eigenvalue weighted by Gasteiger charge is 2.17. The van der Waals surface area contributed by atoms with Crippen molar-refractivity contribution in [3.63, 3.8) is 0 Å². The van der Waals surface area contributed by atoms with Crippen LogP contribution in [0.25, 0.3) is 0 Å². The number of likely N-dealkylation sites (N-methyl/N-ethyl adjacent to an activating group) is 1. The Bertz CT molecular complexity index is 628. The fourth-order valence-electron chi connectivity index (χ4n) is 2.51. The Morgan fingerprint density at radius 1 is 1.29 bits per heavy atom. The van der Waals surface area contributed by atoms with Gasteiger partial charge in [-0.2, -0.15) is 0 Å². The normalized spacial score (nSPS) is 12.4. The average molecular weight is 351 g/mol. The third-order valence-corrected chi connectivity index (χ3v) is 3.97. The minimum absolute atomic E-state index is 0.0197. The zero-order valence-corrected chi connectivity index (χ0v) is 14.2. The monoisotopic (exact) mass is 350 g/mol. The number of nitrogens with one attached hydrogen (secondary N) is 1. The van der Waals surface area contributed by atoms with E-state index in [9.17, 15) is 4.39 Å². The summed E-state index contributed by atoms with van der Waals surface area (Å²) in [6.45, 7) is 6.95. The molecule has 1 aromatic carbocycles. The van der Waals surface area contributed by atoms with E-state index in [0.29, 0.717) is 12.0 Å². The Balaban J connectivity index is 2.30. The molecule has 0 saturated carbocycles. The number of rotatable bonds is 5. The van der Waals surface area contributed by atoms with E-state index in [-0.39, 0.29) is 11.9 Å². The highest BCUT2D eigenvalue weighted by molar-refractivity contribution is 9.10. The first-order chi connectivity index (χ1) is 10.0. The average Bonchev–Trinajstić information content (AvgIpc) is 2.41. The van der Waals surface area contributed by atoms with Crippen LogP contribution < -0.4 is 5.32 Å². The van der Waals surface area contributed by atoms with Crippen LogP contribution in [0.2, 0.25) is 0 Å². The molecule has 1 unspecified atom stereocenters. The molecule has 1 atom stereocenters. The third-order valence-electron chi connectivity index (χ3n) is 3.48. The summed E-state index contributed by atoms with van der Waals surface area (Å²) in [5.74, 6) is -0.183. The van der Waals surface area contributed by atoms with Crippen LogP contribution in [0.15, 0.2) is 34.9 Å². The van der Waals surface area contributed by atoms with Crippen molar-refractivity contribution in [2.24, 2.45) is 0 Å². The second-order valence-electron chi connectivity index (χ2n) is 5.26. The van der Waals surface area contributed by atoms with E-state index in [1.54, 1.807) is 0 Å². The lowest BCUT2D eigenvalue weighted by atomic mass is 9.99. The Morgan fingerprint density at radius 2 is 2.05 bits per heavy atom. The standard InChI is InChI=1S/C17H20BrFN2/c1-4-20-16(17-12(3)7-11(2)10-21-17)8-13-5-6-14(18)9-15(13)19/h5-7,9-10,16,20H,4,8H2,1-3H3. The minimum Gasteiger partial charge on any atom is -0.309 e. The lowest BCUT2D eigenvalue weighted by molar-refractivity contribution is 0.515. The quantitative estimate of drug-likeness (QED) is 0.858. The van der Waals surface area contributed by atoms with Gasteiger partial charge >= 0.3 is 0 Å². The van der Waals surface area contributed by atoms with Gasteiger partial charge in [-0.3, -0.25) is 4.98 Å². The summed E-state index contributed by atoms with van der Waals surface area (Å²) in [5.41, 5.74) is 3.97. The number of aryl methyl sites for hydroxylation is 2. The molecule has 0 aliphatic carbocycles. The molecule has 0 bridgehead atoms. The highest BCUT2D eigenvalue weighted by atomic mass is 79.9. The van der Waals surface area contributed by atoms with E-state index in [2.05, 4.69) is 46.1 Å². The van der Waals surface area contributed by atoms with Gasteiger partial charge in [0, 0.05) is 10.7 Å². The van der Waals surface area contributed by atoms with Gasteiger partial charge in [0.2, 0.25) is 0 Å². The van der Waals surface area contributed by atoms with Gasteiger partial charge in [0.15, 0.2) is 0 Å². The number of hydrogen-bond acceptors (Lipinski definition) is 2. The molecule has 0 aliphatic heterocycles. The maximum atomic E-state index is 14.1. The van der Waals surface area contributed by atoms with E-state index < -0.39 is 0 Å². The van der Waals surface area contributed by atoms with Crippen LogP contribution in [0.4, 0.5) is 4.39 Å². The molecule has 2 aromatic rings. The topological polar surface area (TPSA) is 24.9 Å². The molecule has 0 spiro atoms. The summed E-state index contributed by atoms with van der Waals surface area (Å²) in [5, 5.41) is 3.41. The van der Waals surface area contributed by atoms with Gasteiger partial charge in [-0.15, -0.1) is 0 Å². The summed E-state index contributed by atoms with van der Waals surface area (Å²) in [7, 11) is 0. The van der Waals surface area contributed by atoms with Gasteiger partial charge in [-0.05, 0) is 55.6 Å². The number of halogens is 2. The SMILES string of the molecule is CCNC(Cc1ccc(Br)cc1F)c1ncc(C)cc1C. The fourth-order valence-corrected chi connectivity index (χ4v) is 2.84. The maximum absolute atomic E-state index is 14.1. The number of hydrogen-bond donors (Lipinski definition) is 1. The van der Waals surface area contributed by atoms with Crippen molar-refractivity contribution in [2.75, 3.05) is 6.54 Å². The van der Waals surface area contributed by atoms with E-state index in [1.807, 2.05) is 25.3 Å². The second-order valence-corrected chi connectivity index (χ2v) is 6.18. The first kappa shape index (κ1) is 16.1. The third kappa shape index (κ3) is 4.11. The first-order valence-corrected chi connectivity index (χ1v) is 7.91. The van der Waals surface area contributed by atoms with Crippen LogP contribution in [-0.2, 0) is 6.42 Å². The lowest BCUT2D eigenvalue weighted by Crippen LogP contribution is -2.25. The Morgan fingerprint density at radius 3 is 2.67 bits per heavy atom. The Kier molecular flexibility index (Phi) is 5.48. The van der Waals surface area contributed by atoms with Crippen molar-refractivity contribution in [3.8, 4) is 0 Å². The molecule has 0 saturated heterocycles. The van der Waals surface area contributed by atoms with Crippen LogP contribution in [0, 0.1) is 19.7 Å². The molecule has 0 radical (unpaired) electrons. The summed E-state index contributed by atoms with van der Waals surface area (Å²) in [4.78, 5) is 4.55. The van der Waals surface area contributed by atoms with Crippen molar-refractivity contribution < 1.29 is 4.39 Å². The lowest BCUT2D eigenvalue weighted by Gasteiger charge is -2.20. The molecule has 0 fully saturated rings. The van der Waals surface area contributed by atoms with E-state index in [1.165, 1.54) is 6.07 Å². The maximum Gasteiger partial charge on any atom is 0.127 e. The van der Waals surface area contributed by atoms with Gasteiger partial charge in [0.1, 0.15) is 5.82 Å². The molecular formula is C17H20BrFN2. The molecule has 1 N–H and O–H groups in total. The van der Waals surface area contributed by atoms with Crippen LogP contribution in [-0.4, -0.2) is 11.5 Å². The summed E-state index contributed by atoms with van der Waals surface area (Å²) in [6.07, 6.45) is 2.45. The number of pyridine rings is 1. The van der Waals surface area contributed by atoms with E-state index in [4.69, 9.17) is 0 Å². The van der Waals surface area contributed by atoms with Gasteiger partial charge in [-0.25, -0.2) is 4.39 Å². The molecule has 0 amide bonds. The van der Waals surface area contributed by atoms with Crippen LogP contribution in [0.5, 0.6) is 0 Å². The molecule has 1 aromatic heterocycles. The predicted molar refractivity (Wildman–Crippen MR) is 87.9 cm³/mol. The van der Waals surface area contributed by atoms with E-state index in [0.717, 1.165) is 27.8 Å². The van der Waals surface area contributed by atoms with Crippen molar-refractivity contribution in [3.05, 3.63) is 63.1 Å². The Labute approximate surface area is 133 Å². The Hall–Kier alpha value is -1.26. The summed E-state index contributed by atoms with van der Waals surface area (Å²) < 4.78 is 14.8. The van der Waals surface area contributed by atoms with Crippen molar-refractivity contribution in [2.45, 2.75) is 33.2 Å². The van der Waals surface area contributed by atoms with Crippen molar-refractivity contribution >= 4 is 15.9 Å². The molecule has 2 rings (SSSR count). The predicted octanol–water partition coefficient (Wildman–Crippen LogP) is 4.49. The van der Waals surface area contributed by atoms with Gasteiger partial charge < -0.3 is 5.32 Å². The summed E-state index contributed by atoms with van der Waals surface area (Å²) >= 11 is 3.29. The van der Waals surface area contributed by atoms with Gasteiger partial charge in [0.25, 0.3) is 0 Å². The van der Waals surface area contributed by atoms with E-state index >= 15 is 0 Å². The largest absolute Gasteiger partial charge is 0.309 e. The van der Waals surface area contributed by atoms with Crippen LogP contribution in [0.1, 0.15) is 35.3 Å². The highest BCUT2D eigenvalue weighted by Crippen LogP contribution is 2.23. The number of aromatic nitrogens is 1. The van der Waals surface area contributed by atoms with Crippen molar-refractivity contribution in [1.29, 1.82) is 0 Å². The first-order valence-electron chi connectivity index (χ1n) is 7.11. The smallest absolute Gasteiger partial charge is 0.127 e. The molecular weight excluding hydrogens is 331 g/mol. The molecule has 112 valence electrons. The zero-order valence-electron chi connectivity index (χ0n) is 12.6. The summed E-state index contributed by atoms with van der Waals surface area (Å²) in [6, 6.07) is 7.34. The van der Waals surface area contributed by atoms with Crippen LogP contribution >= 0.6 is 15.9 Å². The molecule has 21 heavy (non-hydrogen) atoms. The molecule has 2 nitrogen and oxygen atoms in total. The number of nitrogens with zero attached hydrogens (tertiary/aromatic N) is 1. The fraction of sp³-hybridized carbons (Fsp3) is 0.353. The number of benzene rings is 1. The van der Waals surface area contributed by atoms with Gasteiger partial charge in [0.05, 0.1) is 11.7 Å². The van der Waals surface area contributed by atoms with Gasteiger partial charge in [-0.1, -0.05) is 35.0 Å². The second kappa shape index (κ2) is 7.14.